The van der Waals surface area contributed by atoms with Crippen LogP contribution in [0.3, 0.4) is 0 Å². The molecule has 0 aliphatic heterocycles. The molecular formula is C19H18BrN3O4. The molecule has 0 atom stereocenters. The largest absolute Gasteiger partial charge is 0.465 e. The van der Waals surface area contributed by atoms with E-state index >= 15 is 0 Å². The minimum atomic E-state index is -1.12. The van der Waals surface area contributed by atoms with E-state index in [4.69, 9.17) is 5.11 Å². The summed E-state index contributed by atoms with van der Waals surface area (Å²) in [6.45, 7) is 1.79. The van der Waals surface area contributed by atoms with Crippen LogP contribution in [0.15, 0.2) is 52.0 Å². The average molecular weight is 432 g/mol. The molecule has 0 unspecified atom stereocenters. The molecule has 0 spiro atoms. The maximum absolute atomic E-state index is 12.9. The number of hydrogen-bond acceptors (Lipinski definition) is 4. The molecule has 0 fully saturated rings. The average Bonchev–Trinajstić information content (AvgIpc) is 2.64. The molecule has 27 heavy (non-hydrogen) atoms. The van der Waals surface area contributed by atoms with Gasteiger partial charge in [0.1, 0.15) is 5.65 Å². The Morgan fingerprint density at radius 3 is 2.78 bits per heavy atom. The molecule has 8 heteroatoms. The van der Waals surface area contributed by atoms with Crippen LogP contribution in [0.4, 0.5) is 4.79 Å². The molecule has 1 amide bonds. The highest BCUT2D eigenvalue weighted by molar-refractivity contribution is 9.10. The van der Waals surface area contributed by atoms with Crippen LogP contribution >= 0.6 is 15.9 Å². The van der Waals surface area contributed by atoms with Crippen molar-refractivity contribution in [2.24, 2.45) is 0 Å². The molecule has 3 aromatic rings. The maximum atomic E-state index is 12.9. The Morgan fingerprint density at radius 2 is 2.07 bits per heavy atom. The SMILES string of the molecule is Cc1c(Br)cccc1-c1cnc2cc(CN(CCO)C(=O)O)ccn2c1=O. The topological polar surface area (TPSA) is 95.1 Å². The van der Waals surface area contributed by atoms with Crippen molar-refractivity contribution in [3.8, 4) is 11.1 Å². The summed E-state index contributed by atoms with van der Waals surface area (Å²) in [5.74, 6) is 0. The normalized spacial score (nSPS) is 10.9. The number of hydrogen-bond donors (Lipinski definition) is 2. The molecule has 0 aliphatic carbocycles. The number of amides is 1. The molecule has 7 nitrogen and oxygen atoms in total. The van der Waals surface area contributed by atoms with Gasteiger partial charge in [-0.2, -0.15) is 0 Å². The first-order chi connectivity index (χ1) is 12.9. The zero-order valence-electron chi connectivity index (χ0n) is 14.6. The summed E-state index contributed by atoms with van der Waals surface area (Å²) in [5, 5.41) is 18.2. The van der Waals surface area contributed by atoms with Crippen LogP contribution in [-0.4, -0.2) is 43.7 Å². The molecule has 0 aliphatic rings. The highest BCUT2D eigenvalue weighted by atomic mass is 79.9. The third-order valence-electron chi connectivity index (χ3n) is 4.35. The van der Waals surface area contributed by atoms with Crippen LogP contribution in [0.25, 0.3) is 16.8 Å². The van der Waals surface area contributed by atoms with E-state index in [-0.39, 0.29) is 25.3 Å². The molecule has 2 N–H and O–H groups in total. The predicted octanol–water partition coefficient (Wildman–Crippen LogP) is 2.90. The minimum absolute atomic E-state index is 0.0157. The zero-order chi connectivity index (χ0) is 19.6. The fourth-order valence-electron chi connectivity index (χ4n) is 2.88. The van der Waals surface area contributed by atoms with Gasteiger partial charge in [0.2, 0.25) is 0 Å². The third kappa shape index (κ3) is 3.86. The lowest BCUT2D eigenvalue weighted by atomic mass is 10.0. The number of fused-ring (bicyclic) bond motifs is 1. The summed E-state index contributed by atoms with van der Waals surface area (Å²) in [7, 11) is 0. The first-order valence-corrected chi connectivity index (χ1v) is 9.06. The Labute approximate surface area is 163 Å². The molecule has 0 saturated heterocycles. The van der Waals surface area contributed by atoms with Crippen molar-refractivity contribution in [1.29, 1.82) is 0 Å². The van der Waals surface area contributed by atoms with Gasteiger partial charge in [-0.05, 0) is 41.8 Å². The first-order valence-electron chi connectivity index (χ1n) is 8.27. The lowest BCUT2D eigenvalue weighted by molar-refractivity contribution is 0.129. The van der Waals surface area contributed by atoms with E-state index in [1.54, 1.807) is 24.5 Å². The van der Waals surface area contributed by atoms with Crippen LogP contribution < -0.4 is 5.56 Å². The van der Waals surface area contributed by atoms with Gasteiger partial charge in [-0.15, -0.1) is 0 Å². The van der Waals surface area contributed by atoms with Crippen LogP contribution in [0.1, 0.15) is 11.1 Å². The van der Waals surface area contributed by atoms with Gasteiger partial charge in [0.05, 0.1) is 12.2 Å². The second-order valence-electron chi connectivity index (χ2n) is 6.08. The van der Waals surface area contributed by atoms with Crippen LogP contribution in [0.5, 0.6) is 0 Å². The van der Waals surface area contributed by atoms with Gasteiger partial charge in [-0.1, -0.05) is 28.1 Å². The summed E-state index contributed by atoms with van der Waals surface area (Å²) in [4.78, 5) is 29.6. The smallest absolute Gasteiger partial charge is 0.407 e. The standard InChI is InChI=1S/C19H18BrN3O4/c1-12-14(3-2-4-16(12)20)15-10-21-17-9-13(5-6-23(17)18(15)25)11-22(7-8-24)19(26)27/h2-6,9-10,24H,7-8,11H2,1H3,(H,26,27). The van der Waals surface area contributed by atoms with Crippen LogP contribution in [0, 0.1) is 6.92 Å². The van der Waals surface area contributed by atoms with Crippen LogP contribution in [-0.2, 0) is 6.54 Å². The molecule has 2 aromatic heterocycles. The molecule has 140 valence electrons. The Hall–Kier alpha value is -2.71. The van der Waals surface area contributed by atoms with Crippen molar-refractivity contribution >= 4 is 27.7 Å². The molecular weight excluding hydrogens is 414 g/mol. The fourth-order valence-corrected chi connectivity index (χ4v) is 3.25. The number of halogens is 1. The predicted molar refractivity (Wildman–Crippen MR) is 105 cm³/mol. The summed E-state index contributed by atoms with van der Waals surface area (Å²) < 4.78 is 2.36. The van der Waals surface area contributed by atoms with Gasteiger partial charge in [-0.3, -0.25) is 9.20 Å². The Balaban J connectivity index is 2.02. The van der Waals surface area contributed by atoms with Gasteiger partial charge in [0.25, 0.3) is 5.56 Å². The van der Waals surface area contributed by atoms with E-state index < -0.39 is 6.09 Å². The quantitative estimate of drug-likeness (QED) is 0.647. The molecule has 3 rings (SSSR count). The monoisotopic (exact) mass is 431 g/mol. The summed E-state index contributed by atoms with van der Waals surface area (Å²) in [5.41, 5.74) is 3.17. The third-order valence-corrected chi connectivity index (χ3v) is 5.20. The lowest BCUT2D eigenvalue weighted by Crippen LogP contribution is -2.31. The van der Waals surface area contributed by atoms with E-state index in [0.717, 1.165) is 20.5 Å². The molecule has 1 aromatic carbocycles. The van der Waals surface area contributed by atoms with Gasteiger partial charge >= 0.3 is 6.09 Å². The number of aliphatic hydroxyl groups is 1. The number of pyridine rings is 1. The highest BCUT2D eigenvalue weighted by Crippen LogP contribution is 2.26. The fraction of sp³-hybridized carbons (Fsp3) is 0.211. The maximum Gasteiger partial charge on any atom is 0.407 e. The summed E-state index contributed by atoms with van der Waals surface area (Å²) in [6.07, 6.45) is 2.02. The first kappa shape index (κ1) is 19.1. The van der Waals surface area contributed by atoms with Crippen molar-refractivity contribution in [1.82, 2.24) is 14.3 Å². The molecule has 0 saturated carbocycles. The van der Waals surface area contributed by atoms with E-state index in [1.807, 2.05) is 25.1 Å². The van der Waals surface area contributed by atoms with Crippen molar-refractivity contribution in [2.45, 2.75) is 13.5 Å². The van der Waals surface area contributed by atoms with Crippen molar-refractivity contribution < 1.29 is 15.0 Å². The molecule has 2 heterocycles. The van der Waals surface area contributed by atoms with E-state index in [2.05, 4.69) is 20.9 Å². The zero-order valence-corrected chi connectivity index (χ0v) is 16.2. The number of carboxylic acid groups (broad SMARTS) is 1. The van der Waals surface area contributed by atoms with E-state index in [1.165, 1.54) is 4.40 Å². The Morgan fingerprint density at radius 1 is 1.30 bits per heavy atom. The molecule has 0 radical (unpaired) electrons. The van der Waals surface area contributed by atoms with Gasteiger partial charge in [0, 0.05) is 30.0 Å². The van der Waals surface area contributed by atoms with Gasteiger partial charge in [-0.25, -0.2) is 9.78 Å². The summed E-state index contributed by atoms with van der Waals surface area (Å²) >= 11 is 3.47. The second-order valence-corrected chi connectivity index (χ2v) is 6.93. The number of nitrogens with zero attached hydrogens (tertiary/aromatic N) is 3. The number of benzene rings is 1. The molecule has 0 bridgehead atoms. The minimum Gasteiger partial charge on any atom is -0.465 e. The number of carbonyl (C=O) groups is 1. The van der Waals surface area contributed by atoms with E-state index in [9.17, 15) is 14.7 Å². The lowest BCUT2D eigenvalue weighted by Gasteiger charge is -2.18. The van der Waals surface area contributed by atoms with Gasteiger partial charge in [0.15, 0.2) is 0 Å². The Kier molecular flexibility index (Phi) is 5.57. The van der Waals surface area contributed by atoms with Crippen molar-refractivity contribution in [3.05, 3.63) is 68.7 Å². The number of rotatable bonds is 5. The number of aliphatic hydroxyl groups excluding tert-OH is 1. The Bertz CT molecular complexity index is 1060. The number of aromatic nitrogens is 2. The second kappa shape index (κ2) is 7.89. The van der Waals surface area contributed by atoms with Crippen molar-refractivity contribution in [2.75, 3.05) is 13.2 Å². The highest BCUT2D eigenvalue weighted by Gasteiger charge is 2.14. The van der Waals surface area contributed by atoms with Gasteiger partial charge < -0.3 is 15.1 Å². The van der Waals surface area contributed by atoms with E-state index in [0.29, 0.717) is 16.8 Å². The van der Waals surface area contributed by atoms with Crippen molar-refractivity contribution in [3.63, 3.8) is 0 Å². The summed E-state index contributed by atoms with van der Waals surface area (Å²) in [6, 6.07) is 9.01. The van der Waals surface area contributed by atoms with Crippen LogP contribution in [0.2, 0.25) is 0 Å².